The van der Waals surface area contributed by atoms with Crippen molar-refractivity contribution in [1.82, 2.24) is 0 Å². The van der Waals surface area contributed by atoms with Crippen LogP contribution in [0.3, 0.4) is 0 Å². The molecule has 0 fully saturated rings. The Morgan fingerprint density at radius 3 is 2.79 bits per heavy atom. The Hall–Kier alpha value is -0.340. The molecule has 1 atom stereocenters. The van der Waals surface area contributed by atoms with Gasteiger partial charge in [0.15, 0.2) is 0 Å². The van der Waals surface area contributed by atoms with Crippen LogP contribution in [0.15, 0.2) is 6.07 Å². The predicted octanol–water partition coefficient (Wildman–Crippen LogP) is 3.84. The fourth-order valence-electron chi connectivity index (χ4n) is 1.85. The quantitative estimate of drug-likeness (QED) is 0.648. The van der Waals surface area contributed by atoms with E-state index >= 15 is 0 Å². The van der Waals surface area contributed by atoms with Crippen molar-refractivity contribution in [3.63, 3.8) is 0 Å². The van der Waals surface area contributed by atoms with E-state index in [0.717, 1.165) is 12.8 Å². The Morgan fingerprint density at radius 1 is 1.36 bits per heavy atom. The third-order valence-corrected chi connectivity index (χ3v) is 3.64. The summed E-state index contributed by atoms with van der Waals surface area (Å²) in [6.07, 6.45) is 4.34. The number of rotatable bonds is 0. The van der Waals surface area contributed by atoms with Crippen LogP contribution >= 0.6 is 11.3 Å². The van der Waals surface area contributed by atoms with E-state index in [0.29, 0.717) is 0 Å². The highest BCUT2D eigenvalue weighted by Crippen LogP contribution is 2.34. The van der Waals surface area contributed by atoms with Crippen molar-refractivity contribution in [2.45, 2.75) is 52.6 Å². The van der Waals surface area contributed by atoms with Crippen LogP contribution in [0.1, 0.15) is 54.5 Å². The van der Waals surface area contributed by atoms with Crippen LogP contribution in [0, 0.1) is 6.92 Å². The van der Waals surface area contributed by atoms with Gasteiger partial charge in [-0.05, 0) is 37.8 Å². The summed E-state index contributed by atoms with van der Waals surface area (Å²) in [5.74, 6) is 0. The van der Waals surface area contributed by atoms with Crippen LogP contribution in [-0.4, -0.2) is 5.11 Å². The Labute approximate surface area is 90.8 Å². The second-order valence-electron chi connectivity index (χ2n) is 3.51. The molecule has 0 spiro atoms. The van der Waals surface area contributed by atoms with Crippen molar-refractivity contribution in [3.05, 3.63) is 21.4 Å². The van der Waals surface area contributed by atoms with Crippen molar-refractivity contribution in [2.75, 3.05) is 0 Å². The molecule has 0 amide bonds. The Bertz CT molecular complexity index is 278. The number of hydrogen-bond donors (Lipinski definition) is 1. The van der Waals surface area contributed by atoms with Crippen molar-refractivity contribution < 1.29 is 5.11 Å². The normalized spacial score (nSPS) is 20.4. The van der Waals surface area contributed by atoms with Gasteiger partial charge in [0.2, 0.25) is 0 Å². The molecule has 1 aromatic heterocycles. The van der Waals surface area contributed by atoms with Gasteiger partial charge in [-0.25, -0.2) is 0 Å². The van der Waals surface area contributed by atoms with Crippen LogP contribution in [0.5, 0.6) is 0 Å². The molecule has 1 aliphatic carbocycles. The molecule has 0 bridgehead atoms. The summed E-state index contributed by atoms with van der Waals surface area (Å²) in [5, 5.41) is 9.77. The molecule has 2 rings (SSSR count). The summed E-state index contributed by atoms with van der Waals surface area (Å²) < 4.78 is 0. The maximum atomic E-state index is 9.77. The predicted molar refractivity (Wildman–Crippen MR) is 62.9 cm³/mol. The molecule has 2 heteroatoms. The Balaban J connectivity index is 0.000000461. The van der Waals surface area contributed by atoms with Crippen LogP contribution in [0.2, 0.25) is 0 Å². The average Bonchev–Trinajstić information content (AvgIpc) is 2.49. The van der Waals surface area contributed by atoms with Gasteiger partial charge in [0.05, 0.1) is 6.10 Å². The van der Waals surface area contributed by atoms with Gasteiger partial charge in [-0.1, -0.05) is 20.3 Å². The van der Waals surface area contributed by atoms with Crippen molar-refractivity contribution >= 4 is 11.3 Å². The molecular weight excluding hydrogens is 192 g/mol. The van der Waals surface area contributed by atoms with E-state index in [-0.39, 0.29) is 6.10 Å². The first kappa shape index (κ1) is 11.7. The van der Waals surface area contributed by atoms with Gasteiger partial charge in [-0.15, -0.1) is 11.3 Å². The zero-order chi connectivity index (χ0) is 10.6. The third-order valence-electron chi connectivity index (χ3n) is 2.44. The van der Waals surface area contributed by atoms with Crippen LogP contribution < -0.4 is 0 Å². The lowest BCUT2D eigenvalue weighted by Gasteiger charge is -2.04. The SMILES string of the molecule is CC.Cc1cc2c(s1)C(O)CCCC2. The summed E-state index contributed by atoms with van der Waals surface area (Å²) in [4.78, 5) is 2.56. The highest BCUT2D eigenvalue weighted by molar-refractivity contribution is 7.12. The number of fused-ring (bicyclic) bond motifs is 1. The molecule has 1 heterocycles. The standard InChI is InChI=1S/C10H14OS.C2H6/c1-7-6-8-4-2-3-5-9(11)10(8)12-7;1-2/h6,9,11H,2-5H2,1H3;1-2H3. The molecular formula is C12H20OS. The highest BCUT2D eigenvalue weighted by atomic mass is 32.1. The first-order valence-electron chi connectivity index (χ1n) is 5.54. The summed E-state index contributed by atoms with van der Waals surface area (Å²) in [6.45, 7) is 6.12. The van der Waals surface area contributed by atoms with Crippen LogP contribution in [0.4, 0.5) is 0 Å². The minimum Gasteiger partial charge on any atom is -0.388 e. The lowest BCUT2D eigenvalue weighted by Crippen LogP contribution is -1.92. The van der Waals surface area contributed by atoms with E-state index in [9.17, 15) is 5.11 Å². The zero-order valence-corrected chi connectivity index (χ0v) is 10.2. The minimum absolute atomic E-state index is 0.179. The van der Waals surface area contributed by atoms with Crippen molar-refractivity contribution in [2.24, 2.45) is 0 Å². The smallest absolute Gasteiger partial charge is 0.0884 e. The average molecular weight is 212 g/mol. The second kappa shape index (κ2) is 5.52. The number of hydrogen-bond acceptors (Lipinski definition) is 2. The number of aliphatic hydroxyl groups excluding tert-OH is 1. The van der Waals surface area contributed by atoms with E-state index in [4.69, 9.17) is 0 Å². The number of thiophene rings is 1. The molecule has 1 nitrogen and oxygen atoms in total. The largest absolute Gasteiger partial charge is 0.388 e. The van der Waals surface area contributed by atoms with Crippen molar-refractivity contribution in [3.8, 4) is 0 Å². The van der Waals surface area contributed by atoms with Gasteiger partial charge < -0.3 is 5.11 Å². The fraction of sp³-hybridized carbons (Fsp3) is 0.667. The lowest BCUT2D eigenvalue weighted by molar-refractivity contribution is 0.170. The van der Waals surface area contributed by atoms with E-state index in [1.165, 1.54) is 28.2 Å². The van der Waals surface area contributed by atoms with Gasteiger partial charge in [0.25, 0.3) is 0 Å². The first-order chi connectivity index (χ1) is 6.77. The molecule has 0 aliphatic heterocycles. The lowest BCUT2D eigenvalue weighted by atomic mass is 10.1. The second-order valence-corrected chi connectivity index (χ2v) is 4.80. The van der Waals surface area contributed by atoms with E-state index in [1.807, 2.05) is 13.8 Å². The van der Waals surface area contributed by atoms with Crippen LogP contribution in [0.25, 0.3) is 0 Å². The van der Waals surface area contributed by atoms with Gasteiger partial charge in [0, 0.05) is 9.75 Å². The minimum atomic E-state index is -0.179. The third kappa shape index (κ3) is 2.58. The molecule has 1 unspecified atom stereocenters. The number of aliphatic hydroxyl groups is 1. The van der Waals surface area contributed by atoms with Gasteiger partial charge >= 0.3 is 0 Å². The summed E-state index contributed by atoms with van der Waals surface area (Å²) in [5.41, 5.74) is 1.39. The Morgan fingerprint density at radius 2 is 2.07 bits per heavy atom. The van der Waals surface area contributed by atoms with E-state index in [1.54, 1.807) is 11.3 Å². The molecule has 0 aromatic carbocycles. The topological polar surface area (TPSA) is 20.2 Å². The highest BCUT2D eigenvalue weighted by Gasteiger charge is 2.18. The zero-order valence-electron chi connectivity index (χ0n) is 9.34. The van der Waals surface area contributed by atoms with Gasteiger partial charge in [0.1, 0.15) is 0 Å². The summed E-state index contributed by atoms with van der Waals surface area (Å²) in [7, 11) is 0. The maximum Gasteiger partial charge on any atom is 0.0884 e. The molecule has 0 radical (unpaired) electrons. The summed E-state index contributed by atoms with van der Waals surface area (Å²) in [6, 6.07) is 2.23. The molecule has 14 heavy (non-hydrogen) atoms. The molecule has 1 aromatic rings. The summed E-state index contributed by atoms with van der Waals surface area (Å²) >= 11 is 1.76. The van der Waals surface area contributed by atoms with Gasteiger partial charge in [-0.3, -0.25) is 0 Å². The molecule has 1 aliphatic rings. The van der Waals surface area contributed by atoms with E-state index in [2.05, 4.69) is 13.0 Å². The van der Waals surface area contributed by atoms with E-state index < -0.39 is 0 Å². The number of aryl methyl sites for hydroxylation is 2. The molecule has 0 saturated heterocycles. The maximum absolute atomic E-state index is 9.77. The Kier molecular flexibility index (Phi) is 4.63. The first-order valence-corrected chi connectivity index (χ1v) is 6.36. The monoisotopic (exact) mass is 212 g/mol. The molecule has 80 valence electrons. The van der Waals surface area contributed by atoms with Crippen LogP contribution in [-0.2, 0) is 6.42 Å². The molecule has 1 N–H and O–H groups in total. The molecule has 0 saturated carbocycles. The fourth-order valence-corrected chi connectivity index (χ4v) is 2.94. The van der Waals surface area contributed by atoms with Gasteiger partial charge in [-0.2, -0.15) is 0 Å². The van der Waals surface area contributed by atoms with Crippen molar-refractivity contribution in [1.29, 1.82) is 0 Å².